The lowest BCUT2D eigenvalue weighted by atomic mass is 9.95. The van der Waals surface area contributed by atoms with Crippen molar-refractivity contribution in [2.24, 2.45) is 5.73 Å². The topological polar surface area (TPSA) is 61.6 Å². The van der Waals surface area contributed by atoms with Gasteiger partial charge < -0.3 is 20.9 Å². The van der Waals surface area contributed by atoms with Crippen LogP contribution in [0.2, 0.25) is 0 Å². The Morgan fingerprint density at radius 3 is 2.45 bits per heavy atom. The van der Waals surface area contributed by atoms with Crippen LogP contribution in [0.1, 0.15) is 40.0 Å². The number of hydrogen-bond donors (Lipinski definition) is 2. The average Bonchev–Trinajstić information content (AvgIpc) is 2.86. The van der Waals surface area contributed by atoms with Gasteiger partial charge in [-0.15, -0.1) is 0 Å². The maximum atomic E-state index is 11.7. The number of primary amides is 1. The van der Waals surface area contributed by atoms with Crippen LogP contribution in [0.15, 0.2) is 0 Å². The van der Waals surface area contributed by atoms with Crippen LogP contribution in [0.3, 0.4) is 0 Å². The predicted octanol–water partition coefficient (Wildman–Crippen LogP) is 0.646. The van der Waals surface area contributed by atoms with Gasteiger partial charge in [-0.1, -0.05) is 0 Å². The molecule has 1 heterocycles. The number of amides is 1. The molecule has 1 atom stereocenters. The molecule has 5 nitrogen and oxygen atoms in total. The smallest absolute Gasteiger partial charge is 0.237 e. The molecule has 0 aromatic heterocycles. The minimum atomic E-state index is -0.615. The zero-order valence-corrected chi connectivity index (χ0v) is 13.6. The van der Waals surface area contributed by atoms with E-state index in [1.54, 1.807) is 0 Å². The molecule has 0 aliphatic carbocycles. The number of likely N-dealkylation sites (N-methyl/N-ethyl adjacent to an activating group) is 1. The number of nitrogens with two attached hydrogens (primary N) is 1. The van der Waals surface area contributed by atoms with Crippen LogP contribution in [0.5, 0.6) is 0 Å². The molecule has 118 valence electrons. The van der Waals surface area contributed by atoms with Gasteiger partial charge in [-0.25, -0.2) is 0 Å². The van der Waals surface area contributed by atoms with Gasteiger partial charge in [-0.2, -0.15) is 0 Å². The highest BCUT2D eigenvalue weighted by atomic mass is 16.1. The van der Waals surface area contributed by atoms with Crippen molar-refractivity contribution in [1.82, 2.24) is 15.1 Å². The second-order valence-electron chi connectivity index (χ2n) is 6.60. The van der Waals surface area contributed by atoms with Crippen LogP contribution in [-0.4, -0.2) is 67.1 Å². The minimum Gasteiger partial charge on any atom is -0.368 e. The highest BCUT2D eigenvalue weighted by molar-refractivity contribution is 5.84. The third kappa shape index (κ3) is 5.77. The fourth-order valence-electron chi connectivity index (χ4n) is 2.75. The van der Waals surface area contributed by atoms with Crippen molar-refractivity contribution in [3.8, 4) is 0 Å². The van der Waals surface area contributed by atoms with E-state index in [-0.39, 0.29) is 11.9 Å². The van der Waals surface area contributed by atoms with Crippen LogP contribution in [0.4, 0.5) is 0 Å². The lowest BCUT2D eigenvalue weighted by Crippen LogP contribution is -2.56. The number of nitrogens with one attached hydrogen (secondary N) is 1. The Labute approximate surface area is 123 Å². The minimum absolute atomic E-state index is 0.252. The summed E-state index contributed by atoms with van der Waals surface area (Å²) in [5.74, 6) is -0.265. The number of rotatable bonds is 9. The Morgan fingerprint density at radius 1 is 1.35 bits per heavy atom. The van der Waals surface area contributed by atoms with Crippen molar-refractivity contribution in [2.75, 3.05) is 39.8 Å². The summed E-state index contributed by atoms with van der Waals surface area (Å²) in [6, 6.07) is 0.252. The molecule has 0 spiro atoms. The van der Waals surface area contributed by atoms with Crippen molar-refractivity contribution in [2.45, 2.75) is 51.6 Å². The Morgan fingerprint density at radius 2 is 1.95 bits per heavy atom. The van der Waals surface area contributed by atoms with Crippen LogP contribution in [-0.2, 0) is 4.79 Å². The molecule has 0 bridgehead atoms. The maximum Gasteiger partial charge on any atom is 0.237 e. The molecule has 0 saturated carbocycles. The molecule has 1 saturated heterocycles. The molecule has 1 aliphatic heterocycles. The average molecular weight is 284 g/mol. The van der Waals surface area contributed by atoms with Gasteiger partial charge in [0.1, 0.15) is 0 Å². The number of likely N-dealkylation sites (tertiary alicyclic amines) is 1. The van der Waals surface area contributed by atoms with Crippen molar-refractivity contribution in [1.29, 1.82) is 0 Å². The normalized spacial score (nSPS) is 19.7. The Kier molecular flexibility index (Phi) is 6.92. The molecule has 20 heavy (non-hydrogen) atoms. The highest BCUT2D eigenvalue weighted by Crippen LogP contribution is 2.12. The molecule has 0 radical (unpaired) electrons. The molecular weight excluding hydrogens is 252 g/mol. The molecule has 1 amide bonds. The number of carbonyl (C=O) groups excluding carboxylic acids is 1. The third-order valence-corrected chi connectivity index (χ3v) is 4.14. The quantitative estimate of drug-likeness (QED) is 0.652. The Balaban J connectivity index is 2.32. The SMILES string of the molecule is CC(C)NC(C)(CCN(C)CCN1CCCC1)C(N)=O. The fourth-order valence-corrected chi connectivity index (χ4v) is 2.75. The summed E-state index contributed by atoms with van der Waals surface area (Å²) >= 11 is 0. The zero-order chi connectivity index (χ0) is 15.2. The van der Waals surface area contributed by atoms with Crippen molar-refractivity contribution in [3.63, 3.8) is 0 Å². The molecule has 1 fully saturated rings. The van der Waals surface area contributed by atoms with Gasteiger partial charge in [0.2, 0.25) is 5.91 Å². The number of nitrogens with zero attached hydrogens (tertiary/aromatic N) is 2. The Hall–Kier alpha value is -0.650. The Bertz CT molecular complexity index is 302. The molecular formula is C15H32N4O. The van der Waals surface area contributed by atoms with E-state index in [2.05, 4.69) is 22.2 Å². The number of hydrogen-bond acceptors (Lipinski definition) is 4. The molecule has 0 aromatic carbocycles. The zero-order valence-electron chi connectivity index (χ0n) is 13.6. The first kappa shape index (κ1) is 17.4. The molecule has 1 aliphatic rings. The second-order valence-corrected chi connectivity index (χ2v) is 6.60. The van der Waals surface area contributed by atoms with Gasteiger partial charge in [0.25, 0.3) is 0 Å². The second kappa shape index (κ2) is 7.96. The lowest BCUT2D eigenvalue weighted by molar-refractivity contribution is -0.124. The van der Waals surface area contributed by atoms with Gasteiger partial charge in [0, 0.05) is 25.7 Å². The largest absolute Gasteiger partial charge is 0.368 e. The summed E-state index contributed by atoms with van der Waals surface area (Å²) in [4.78, 5) is 16.5. The first-order valence-corrected chi connectivity index (χ1v) is 7.82. The van der Waals surface area contributed by atoms with Gasteiger partial charge in [0.05, 0.1) is 5.54 Å². The van der Waals surface area contributed by atoms with E-state index < -0.39 is 5.54 Å². The first-order valence-electron chi connectivity index (χ1n) is 7.82. The standard InChI is InChI=1S/C15H32N4O/c1-13(2)17-15(3,14(16)20)7-10-18(4)11-12-19-8-5-6-9-19/h13,17H,5-12H2,1-4H3,(H2,16,20). The summed E-state index contributed by atoms with van der Waals surface area (Å²) in [6.07, 6.45) is 3.42. The number of carbonyl (C=O) groups is 1. The fraction of sp³-hybridized carbons (Fsp3) is 0.933. The van der Waals surface area contributed by atoms with Crippen molar-refractivity contribution in [3.05, 3.63) is 0 Å². The van der Waals surface area contributed by atoms with E-state index in [4.69, 9.17) is 5.73 Å². The van der Waals surface area contributed by atoms with Crippen molar-refractivity contribution >= 4 is 5.91 Å². The molecule has 1 unspecified atom stereocenters. The van der Waals surface area contributed by atoms with E-state index >= 15 is 0 Å². The van der Waals surface area contributed by atoms with E-state index in [1.165, 1.54) is 25.9 Å². The van der Waals surface area contributed by atoms with E-state index in [1.807, 2.05) is 20.8 Å². The summed E-state index contributed by atoms with van der Waals surface area (Å²) in [5.41, 5.74) is 4.94. The van der Waals surface area contributed by atoms with E-state index in [0.29, 0.717) is 0 Å². The van der Waals surface area contributed by atoms with Crippen LogP contribution >= 0.6 is 0 Å². The third-order valence-electron chi connectivity index (χ3n) is 4.14. The lowest BCUT2D eigenvalue weighted by Gasteiger charge is -2.32. The van der Waals surface area contributed by atoms with E-state index in [9.17, 15) is 4.79 Å². The summed E-state index contributed by atoms with van der Waals surface area (Å²) in [6.45, 7) is 11.5. The first-order chi connectivity index (χ1) is 9.33. The molecule has 1 rings (SSSR count). The monoisotopic (exact) mass is 284 g/mol. The predicted molar refractivity (Wildman–Crippen MR) is 83.7 cm³/mol. The van der Waals surface area contributed by atoms with Gasteiger partial charge in [0.15, 0.2) is 0 Å². The molecule has 5 heteroatoms. The summed E-state index contributed by atoms with van der Waals surface area (Å²) in [5, 5.41) is 3.30. The van der Waals surface area contributed by atoms with Gasteiger partial charge in [-0.05, 0) is 60.2 Å². The summed E-state index contributed by atoms with van der Waals surface area (Å²) < 4.78 is 0. The molecule has 3 N–H and O–H groups in total. The van der Waals surface area contributed by atoms with Crippen LogP contribution in [0.25, 0.3) is 0 Å². The van der Waals surface area contributed by atoms with Crippen molar-refractivity contribution < 1.29 is 4.79 Å². The molecule has 0 aromatic rings. The van der Waals surface area contributed by atoms with Gasteiger partial charge >= 0.3 is 0 Å². The van der Waals surface area contributed by atoms with E-state index in [0.717, 1.165) is 26.1 Å². The maximum absolute atomic E-state index is 11.7. The van der Waals surface area contributed by atoms with Crippen LogP contribution in [0, 0.1) is 0 Å². The highest BCUT2D eigenvalue weighted by Gasteiger charge is 2.31. The van der Waals surface area contributed by atoms with Gasteiger partial charge in [-0.3, -0.25) is 4.79 Å². The summed E-state index contributed by atoms with van der Waals surface area (Å²) in [7, 11) is 2.12. The van der Waals surface area contributed by atoms with Crippen LogP contribution < -0.4 is 11.1 Å².